The SMILES string of the molecule is Cc1ccc(NC(=O)NC(=O)Cn2nnc(-c3ccccc3)n2)cc1. The Kier molecular flexibility index (Phi) is 4.79. The van der Waals surface area contributed by atoms with Crippen LogP contribution in [0.4, 0.5) is 10.5 Å². The smallest absolute Gasteiger partial charge is 0.308 e. The van der Waals surface area contributed by atoms with Crippen LogP contribution >= 0.6 is 0 Å². The molecule has 0 aliphatic rings. The van der Waals surface area contributed by atoms with E-state index in [9.17, 15) is 9.59 Å². The molecule has 126 valence electrons. The molecule has 8 heteroatoms. The van der Waals surface area contributed by atoms with Gasteiger partial charge in [-0.05, 0) is 24.3 Å². The molecule has 3 aromatic rings. The highest BCUT2D eigenvalue weighted by molar-refractivity contribution is 6.01. The summed E-state index contributed by atoms with van der Waals surface area (Å²) in [4.78, 5) is 24.9. The van der Waals surface area contributed by atoms with Gasteiger partial charge in [0.05, 0.1) is 0 Å². The van der Waals surface area contributed by atoms with Crippen LogP contribution in [0.2, 0.25) is 0 Å². The second-order valence-electron chi connectivity index (χ2n) is 5.38. The van der Waals surface area contributed by atoms with Gasteiger partial charge in [-0.2, -0.15) is 4.80 Å². The molecule has 0 bridgehead atoms. The van der Waals surface area contributed by atoms with Crippen molar-refractivity contribution >= 4 is 17.6 Å². The molecule has 0 aliphatic heterocycles. The fourth-order valence-electron chi connectivity index (χ4n) is 2.11. The molecule has 0 saturated carbocycles. The zero-order chi connectivity index (χ0) is 17.6. The number of benzene rings is 2. The maximum absolute atomic E-state index is 11.9. The number of aryl methyl sites for hydroxylation is 1. The van der Waals surface area contributed by atoms with Crippen molar-refractivity contribution in [2.75, 3.05) is 5.32 Å². The fourth-order valence-corrected chi connectivity index (χ4v) is 2.11. The van der Waals surface area contributed by atoms with E-state index in [0.29, 0.717) is 11.5 Å². The second kappa shape index (κ2) is 7.35. The Hall–Kier alpha value is -3.55. The molecule has 8 nitrogen and oxygen atoms in total. The quantitative estimate of drug-likeness (QED) is 0.759. The van der Waals surface area contributed by atoms with Gasteiger partial charge in [0.2, 0.25) is 5.82 Å². The van der Waals surface area contributed by atoms with Crippen molar-refractivity contribution in [1.82, 2.24) is 25.5 Å². The Morgan fingerprint density at radius 1 is 1.04 bits per heavy atom. The van der Waals surface area contributed by atoms with Crippen LogP contribution in [-0.4, -0.2) is 32.1 Å². The minimum atomic E-state index is -0.614. The van der Waals surface area contributed by atoms with Gasteiger partial charge in [0.25, 0.3) is 5.91 Å². The molecule has 3 rings (SSSR count). The molecule has 1 aromatic heterocycles. The fraction of sp³-hybridized carbons (Fsp3) is 0.118. The van der Waals surface area contributed by atoms with Crippen molar-refractivity contribution in [2.24, 2.45) is 0 Å². The zero-order valence-corrected chi connectivity index (χ0v) is 13.5. The second-order valence-corrected chi connectivity index (χ2v) is 5.38. The van der Waals surface area contributed by atoms with E-state index < -0.39 is 11.9 Å². The number of nitrogens with zero attached hydrogens (tertiary/aromatic N) is 4. The number of nitrogens with one attached hydrogen (secondary N) is 2. The molecule has 25 heavy (non-hydrogen) atoms. The lowest BCUT2D eigenvalue weighted by Crippen LogP contribution is -2.37. The lowest BCUT2D eigenvalue weighted by molar-refractivity contribution is -0.120. The van der Waals surface area contributed by atoms with Crippen LogP contribution in [0.3, 0.4) is 0 Å². The van der Waals surface area contributed by atoms with E-state index in [1.165, 1.54) is 0 Å². The number of rotatable bonds is 4. The van der Waals surface area contributed by atoms with E-state index in [1.807, 2.05) is 49.4 Å². The summed E-state index contributed by atoms with van der Waals surface area (Å²) in [6.07, 6.45) is 0. The number of amides is 3. The van der Waals surface area contributed by atoms with E-state index in [0.717, 1.165) is 15.9 Å². The Balaban J connectivity index is 1.55. The van der Waals surface area contributed by atoms with E-state index in [4.69, 9.17) is 0 Å². The summed E-state index contributed by atoms with van der Waals surface area (Å²) in [5.74, 6) is -0.126. The third kappa shape index (κ3) is 4.47. The van der Waals surface area contributed by atoms with Crippen LogP contribution in [0.25, 0.3) is 11.4 Å². The van der Waals surface area contributed by atoms with Crippen LogP contribution in [0.1, 0.15) is 5.56 Å². The van der Waals surface area contributed by atoms with Gasteiger partial charge in [-0.3, -0.25) is 10.1 Å². The maximum Gasteiger partial charge on any atom is 0.325 e. The molecule has 0 saturated heterocycles. The number of aromatic nitrogens is 4. The van der Waals surface area contributed by atoms with Gasteiger partial charge >= 0.3 is 6.03 Å². The number of tetrazole rings is 1. The number of imide groups is 1. The van der Waals surface area contributed by atoms with E-state index in [1.54, 1.807) is 12.1 Å². The number of hydrogen-bond donors (Lipinski definition) is 2. The summed E-state index contributed by atoms with van der Waals surface area (Å²) in [5, 5.41) is 16.6. The van der Waals surface area contributed by atoms with Gasteiger partial charge in [0, 0.05) is 11.3 Å². The van der Waals surface area contributed by atoms with Crippen molar-refractivity contribution in [1.29, 1.82) is 0 Å². The first-order chi connectivity index (χ1) is 12.1. The van der Waals surface area contributed by atoms with Crippen molar-refractivity contribution in [3.8, 4) is 11.4 Å². The van der Waals surface area contributed by atoms with Crippen LogP contribution in [-0.2, 0) is 11.3 Å². The molecule has 1 heterocycles. The molecule has 2 aromatic carbocycles. The average molecular weight is 336 g/mol. The topological polar surface area (TPSA) is 102 Å². The van der Waals surface area contributed by atoms with Crippen molar-refractivity contribution in [2.45, 2.75) is 13.5 Å². The minimum absolute atomic E-state index is 0.207. The third-order valence-corrected chi connectivity index (χ3v) is 3.33. The molecular formula is C17H16N6O2. The van der Waals surface area contributed by atoms with Gasteiger partial charge in [-0.1, -0.05) is 48.0 Å². The van der Waals surface area contributed by atoms with Gasteiger partial charge in [0.15, 0.2) is 0 Å². The van der Waals surface area contributed by atoms with Crippen molar-refractivity contribution in [3.05, 3.63) is 60.2 Å². The molecule has 0 aliphatic carbocycles. The highest BCUT2D eigenvalue weighted by Gasteiger charge is 2.12. The Bertz CT molecular complexity index is 874. The number of hydrogen-bond acceptors (Lipinski definition) is 5. The van der Waals surface area contributed by atoms with Gasteiger partial charge < -0.3 is 5.32 Å². The van der Waals surface area contributed by atoms with Gasteiger partial charge in [-0.25, -0.2) is 4.79 Å². The standard InChI is InChI=1S/C17H16N6O2/c1-12-7-9-14(10-8-12)18-17(25)19-15(24)11-23-21-16(20-22-23)13-5-3-2-4-6-13/h2-10H,11H2,1H3,(H2,18,19,24,25). The summed E-state index contributed by atoms with van der Waals surface area (Å²) < 4.78 is 0. The predicted molar refractivity (Wildman–Crippen MR) is 91.6 cm³/mol. The van der Waals surface area contributed by atoms with Crippen LogP contribution < -0.4 is 10.6 Å². The lowest BCUT2D eigenvalue weighted by atomic mass is 10.2. The lowest BCUT2D eigenvalue weighted by Gasteiger charge is -2.06. The predicted octanol–water partition coefficient (Wildman–Crippen LogP) is 2.00. The largest absolute Gasteiger partial charge is 0.325 e. The molecule has 0 unspecified atom stereocenters. The first-order valence-electron chi connectivity index (χ1n) is 7.61. The number of anilines is 1. The minimum Gasteiger partial charge on any atom is -0.308 e. The van der Waals surface area contributed by atoms with Crippen LogP contribution in [0.15, 0.2) is 54.6 Å². The molecule has 2 N–H and O–H groups in total. The zero-order valence-electron chi connectivity index (χ0n) is 13.5. The van der Waals surface area contributed by atoms with E-state index in [-0.39, 0.29) is 6.54 Å². The summed E-state index contributed by atoms with van der Waals surface area (Å²) in [5.41, 5.74) is 2.47. The molecular weight excluding hydrogens is 320 g/mol. The van der Waals surface area contributed by atoms with E-state index >= 15 is 0 Å². The molecule has 0 spiro atoms. The normalized spacial score (nSPS) is 10.3. The summed E-state index contributed by atoms with van der Waals surface area (Å²) >= 11 is 0. The monoisotopic (exact) mass is 336 g/mol. The molecule has 0 fully saturated rings. The molecule has 0 atom stereocenters. The van der Waals surface area contributed by atoms with Gasteiger partial charge in [0.1, 0.15) is 6.54 Å². The maximum atomic E-state index is 11.9. The Morgan fingerprint density at radius 3 is 2.48 bits per heavy atom. The van der Waals surface area contributed by atoms with Crippen LogP contribution in [0.5, 0.6) is 0 Å². The average Bonchev–Trinajstić information content (AvgIpc) is 3.06. The van der Waals surface area contributed by atoms with Crippen molar-refractivity contribution in [3.63, 3.8) is 0 Å². The van der Waals surface area contributed by atoms with E-state index in [2.05, 4.69) is 26.0 Å². The molecule has 3 amide bonds. The summed E-state index contributed by atoms with van der Waals surface area (Å²) in [6, 6.07) is 15.9. The number of carbonyl (C=O) groups excluding carboxylic acids is 2. The van der Waals surface area contributed by atoms with Crippen molar-refractivity contribution < 1.29 is 9.59 Å². The first-order valence-corrected chi connectivity index (χ1v) is 7.61. The Labute approximate surface area is 143 Å². The number of carbonyl (C=O) groups is 2. The molecule has 0 radical (unpaired) electrons. The highest BCUT2D eigenvalue weighted by Crippen LogP contribution is 2.11. The highest BCUT2D eigenvalue weighted by atomic mass is 16.2. The van der Waals surface area contributed by atoms with Gasteiger partial charge in [-0.15, -0.1) is 10.2 Å². The summed E-state index contributed by atoms with van der Waals surface area (Å²) in [7, 11) is 0. The first kappa shape index (κ1) is 16.3. The number of urea groups is 1. The third-order valence-electron chi connectivity index (χ3n) is 3.33. The summed E-state index contributed by atoms with van der Waals surface area (Å²) in [6.45, 7) is 1.74. The van der Waals surface area contributed by atoms with Crippen LogP contribution in [0, 0.1) is 6.92 Å². The Morgan fingerprint density at radius 2 is 1.76 bits per heavy atom.